The fourth-order valence-electron chi connectivity index (χ4n) is 2.54. The van der Waals surface area contributed by atoms with E-state index in [4.69, 9.17) is 0 Å². The summed E-state index contributed by atoms with van der Waals surface area (Å²) in [5.41, 5.74) is -0.417. The molecule has 0 saturated carbocycles. The molecule has 0 aliphatic carbocycles. The van der Waals surface area contributed by atoms with Crippen molar-refractivity contribution in [3.05, 3.63) is 79.4 Å². The maximum atomic E-state index is 12.3. The minimum Gasteiger partial charge on any atom is -0.270 e. The highest BCUT2D eigenvalue weighted by atomic mass is 16.6. The second-order valence-electron chi connectivity index (χ2n) is 5.07. The van der Waals surface area contributed by atoms with E-state index in [1.54, 1.807) is 12.1 Å². The first-order chi connectivity index (χ1) is 11.4. The van der Waals surface area contributed by atoms with Gasteiger partial charge >= 0.3 is 0 Å². The first-order valence-electron chi connectivity index (χ1n) is 6.77. The molecule has 0 N–H and O–H groups in total. The molecule has 3 rings (SSSR count). The third-order valence-corrected chi connectivity index (χ3v) is 3.68. The van der Waals surface area contributed by atoms with Crippen molar-refractivity contribution in [3.63, 3.8) is 0 Å². The monoisotopic (exact) mass is 327 g/mol. The molecule has 0 unspecified atom stereocenters. The van der Waals surface area contributed by atoms with Gasteiger partial charge in [-0.1, -0.05) is 12.1 Å². The second kappa shape index (κ2) is 5.54. The maximum absolute atomic E-state index is 12.3. The molecular formula is C15H9N3O6. The zero-order valence-corrected chi connectivity index (χ0v) is 12.0. The molecule has 0 spiro atoms. The minimum atomic E-state index is -0.711. The summed E-state index contributed by atoms with van der Waals surface area (Å²) in [5, 5.41) is 22.0. The molecule has 0 fully saturated rings. The van der Waals surface area contributed by atoms with Crippen LogP contribution in [0.3, 0.4) is 0 Å². The number of amides is 2. The van der Waals surface area contributed by atoms with Crippen molar-refractivity contribution in [1.29, 1.82) is 0 Å². The van der Waals surface area contributed by atoms with Crippen molar-refractivity contribution in [2.24, 2.45) is 0 Å². The Morgan fingerprint density at radius 3 is 1.96 bits per heavy atom. The third kappa shape index (κ3) is 2.37. The highest BCUT2D eigenvalue weighted by Crippen LogP contribution is 2.29. The van der Waals surface area contributed by atoms with Crippen LogP contribution in [0.4, 0.5) is 11.4 Å². The van der Waals surface area contributed by atoms with Crippen LogP contribution in [0.25, 0.3) is 0 Å². The van der Waals surface area contributed by atoms with Crippen molar-refractivity contribution >= 4 is 23.2 Å². The molecule has 0 bridgehead atoms. The molecule has 1 aliphatic heterocycles. The molecule has 1 aliphatic rings. The standard InChI is InChI=1S/C15H9N3O6/c19-14-11-3-1-2-4-12(11)15(20)16(14)8-9-7-10(17(21)22)5-6-13(9)18(23)24/h1-7H,8H2. The van der Waals surface area contributed by atoms with Crippen LogP contribution in [0.2, 0.25) is 0 Å². The fraction of sp³-hybridized carbons (Fsp3) is 0.0667. The lowest BCUT2D eigenvalue weighted by Crippen LogP contribution is -2.29. The van der Waals surface area contributed by atoms with E-state index in [9.17, 15) is 29.8 Å². The van der Waals surface area contributed by atoms with Crippen LogP contribution in [0, 0.1) is 20.2 Å². The summed E-state index contributed by atoms with van der Waals surface area (Å²) in [5.74, 6) is -1.17. The Morgan fingerprint density at radius 2 is 1.46 bits per heavy atom. The summed E-state index contributed by atoms with van der Waals surface area (Å²) in [6.07, 6.45) is 0. The van der Waals surface area contributed by atoms with Gasteiger partial charge in [-0.15, -0.1) is 0 Å². The van der Waals surface area contributed by atoms with Gasteiger partial charge in [0.1, 0.15) is 0 Å². The van der Waals surface area contributed by atoms with Gasteiger partial charge in [0.2, 0.25) is 0 Å². The molecule has 2 aromatic carbocycles. The van der Waals surface area contributed by atoms with Gasteiger partial charge in [0.15, 0.2) is 0 Å². The van der Waals surface area contributed by atoms with Gasteiger partial charge in [0.05, 0.1) is 33.1 Å². The summed E-state index contributed by atoms with van der Waals surface area (Å²) in [4.78, 5) is 46.0. The largest absolute Gasteiger partial charge is 0.274 e. The molecule has 1 heterocycles. The summed E-state index contributed by atoms with van der Waals surface area (Å²) >= 11 is 0. The number of hydrogen-bond donors (Lipinski definition) is 0. The van der Waals surface area contributed by atoms with Crippen molar-refractivity contribution in [3.8, 4) is 0 Å². The second-order valence-corrected chi connectivity index (χ2v) is 5.07. The number of nitrogens with zero attached hydrogens (tertiary/aromatic N) is 3. The van der Waals surface area contributed by atoms with Gasteiger partial charge < -0.3 is 0 Å². The van der Waals surface area contributed by atoms with Crippen molar-refractivity contribution in [2.75, 3.05) is 0 Å². The van der Waals surface area contributed by atoms with E-state index in [-0.39, 0.29) is 22.4 Å². The molecule has 24 heavy (non-hydrogen) atoms. The van der Waals surface area contributed by atoms with Gasteiger partial charge in [0, 0.05) is 18.2 Å². The van der Waals surface area contributed by atoms with Crippen molar-refractivity contribution in [1.82, 2.24) is 4.90 Å². The van der Waals surface area contributed by atoms with Crippen LogP contribution in [0.1, 0.15) is 26.3 Å². The van der Waals surface area contributed by atoms with E-state index in [0.717, 1.165) is 23.1 Å². The average Bonchev–Trinajstić information content (AvgIpc) is 2.80. The maximum Gasteiger partial charge on any atom is 0.274 e. The number of nitro benzene ring substituents is 2. The van der Waals surface area contributed by atoms with E-state index in [1.807, 2.05) is 0 Å². The zero-order valence-electron chi connectivity index (χ0n) is 12.0. The highest BCUT2D eigenvalue weighted by molar-refractivity contribution is 6.21. The fourth-order valence-corrected chi connectivity index (χ4v) is 2.54. The molecule has 2 aromatic rings. The van der Waals surface area contributed by atoms with Gasteiger partial charge in [-0.05, 0) is 12.1 Å². The topological polar surface area (TPSA) is 124 Å². The van der Waals surface area contributed by atoms with E-state index >= 15 is 0 Å². The lowest BCUT2D eigenvalue weighted by atomic mass is 10.1. The Kier molecular flexibility index (Phi) is 3.53. The molecular weight excluding hydrogens is 318 g/mol. The molecule has 0 saturated heterocycles. The number of hydrogen-bond acceptors (Lipinski definition) is 6. The first kappa shape index (κ1) is 15.3. The molecule has 2 amide bonds. The lowest BCUT2D eigenvalue weighted by molar-refractivity contribution is -0.389. The van der Waals surface area contributed by atoms with Crippen molar-refractivity contribution in [2.45, 2.75) is 6.54 Å². The molecule has 120 valence electrons. The SMILES string of the molecule is O=C1c2ccccc2C(=O)N1Cc1cc([N+](=O)[O-])ccc1[N+](=O)[O-]. The molecule has 9 nitrogen and oxygen atoms in total. The first-order valence-corrected chi connectivity index (χ1v) is 6.77. The normalized spacial score (nSPS) is 13.1. The Labute approximate surface area is 134 Å². The third-order valence-electron chi connectivity index (χ3n) is 3.68. The van der Waals surface area contributed by atoms with E-state index in [1.165, 1.54) is 12.1 Å². The number of nitro groups is 2. The predicted molar refractivity (Wildman–Crippen MR) is 80.4 cm³/mol. The Balaban J connectivity index is 2.01. The van der Waals surface area contributed by atoms with Crippen LogP contribution in [0.15, 0.2) is 42.5 Å². The van der Waals surface area contributed by atoms with Gasteiger partial charge in [-0.3, -0.25) is 34.7 Å². The smallest absolute Gasteiger partial charge is 0.270 e. The Hall–Kier alpha value is -3.62. The molecule has 0 aromatic heterocycles. The van der Waals surface area contributed by atoms with Crippen molar-refractivity contribution < 1.29 is 19.4 Å². The number of carbonyl (C=O) groups excluding carboxylic acids is 2. The van der Waals surface area contributed by atoms with Crippen LogP contribution < -0.4 is 0 Å². The number of rotatable bonds is 4. The summed E-state index contributed by atoms with van der Waals surface area (Å²) < 4.78 is 0. The Bertz CT molecular complexity index is 873. The molecule has 0 atom stereocenters. The average molecular weight is 327 g/mol. The number of fused-ring (bicyclic) bond motifs is 1. The van der Waals surface area contributed by atoms with Crippen LogP contribution in [0.5, 0.6) is 0 Å². The lowest BCUT2D eigenvalue weighted by Gasteiger charge is -2.13. The minimum absolute atomic E-state index is 0.0799. The molecule has 9 heteroatoms. The Morgan fingerprint density at radius 1 is 0.875 bits per heavy atom. The van der Waals surface area contributed by atoms with Gasteiger partial charge in [-0.2, -0.15) is 0 Å². The number of imide groups is 1. The quantitative estimate of drug-likeness (QED) is 0.482. The number of non-ortho nitro benzene ring substituents is 1. The summed E-state index contributed by atoms with van der Waals surface area (Å²) in [6, 6.07) is 9.17. The van der Waals surface area contributed by atoms with E-state index in [2.05, 4.69) is 0 Å². The summed E-state index contributed by atoms with van der Waals surface area (Å²) in [6.45, 7) is -0.412. The van der Waals surface area contributed by atoms with Gasteiger partial charge in [0.25, 0.3) is 23.2 Å². The molecule has 0 radical (unpaired) electrons. The highest BCUT2D eigenvalue weighted by Gasteiger charge is 2.36. The van der Waals surface area contributed by atoms with Gasteiger partial charge in [-0.25, -0.2) is 0 Å². The number of carbonyl (C=O) groups is 2. The zero-order chi connectivity index (χ0) is 17.4. The van der Waals surface area contributed by atoms with Crippen LogP contribution in [-0.2, 0) is 6.54 Å². The van der Waals surface area contributed by atoms with E-state index in [0.29, 0.717) is 0 Å². The van der Waals surface area contributed by atoms with Crippen LogP contribution in [-0.4, -0.2) is 26.6 Å². The number of benzene rings is 2. The van der Waals surface area contributed by atoms with Crippen LogP contribution >= 0.6 is 0 Å². The van der Waals surface area contributed by atoms with E-state index < -0.39 is 33.9 Å². The summed E-state index contributed by atoms with van der Waals surface area (Å²) in [7, 11) is 0. The predicted octanol–water partition coefficient (Wildman–Crippen LogP) is 2.30.